The van der Waals surface area contributed by atoms with Crippen LogP contribution in [0.25, 0.3) is 77.6 Å². The molecule has 0 amide bonds. The van der Waals surface area contributed by atoms with Crippen molar-refractivity contribution in [1.29, 1.82) is 0 Å². The molecule has 2 nitrogen and oxygen atoms in total. The van der Waals surface area contributed by atoms with Crippen molar-refractivity contribution in [2.45, 2.75) is 19.3 Å². The first kappa shape index (κ1) is 34.8. The van der Waals surface area contributed by atoms with Crippen molar-refractivity contribution >= 4 is 39.0 Å². The number of fused-ring (bicyclic) bond motifs is 6. The number of anilines is 3. The Kier molecular flexibility index (Phi) is 8.20. The van der Waals surface area contributed by atoms with Crippen LogP contribution < -0.4 is 4.90 Å². The van der Waals surface area contributed by atoms with E-state index in [1.807, 2.05) is 12.1 Å². The van der Waals surface area contributed by atoms with Crippen LogP contribution in [0.15, 0.2) is 217 Å². The topological polar surface area (TPSA) is 16.4 Å². The van der Waals surface area contributed by atoms with E-state index < -0.39 is 0 Å². The summed E-state index contributed by atoms with van der Waals surface area (Å²) in [6.45, 7) is 4.72. The number of benzene rings is 9. The first-order chi connectivity index (χ1) is 29.0. The molecular weight excluding hydrogens is 715 g/mol. The van der Waals surface area contributed by atoms with E-state index in [1.165, 1.54) is 55.6 Å². The van der Waals surface area contributed by atoms with Crippen molar-refractivity contribution in [1.82, 2.24) is 0 Å². The number of rotatable bonds is 7. The van der Waals surface area contributed by atoms with Gasteiger partial charge in [-0.15, -0.1) is 0 Å². The molecule has 1 aliphatic rings. The molecule has 1 aliphatic carbocycles. The first-order valence-electron chi connectivity index (χ1n) is 20.4. The Balaban J connectivity index is 0.972. The molecular formula is C57H41NO. The third-order valence-corrected chi connectivity index (χ3v) is 12.3. The monoisotopic (exact) mass is 755 g/mol. The molecule has 2 heteroatoms. The van der Waals surface area contributed by atoms with Crippen LogP contribution in [-0.2, 0) is 5.41 Å². The molecule has 0 saturated carbocycles. The van der Waals surface area contributed by atoms with Crippen molar-refractivity contribution in [3.8, 4) is 55.6 Å². The normalized spacial score (nSPS) is 12.7. The number of hydrogen-bond donors (Lipinski definition) is 0. The van der Waals surface area contributed by atoms with Gasteiger partial charge in [-0.2, -0.15) is 0 Å². The maximum atomic E-state index is 6.43. The molecule has 0 fully saturated rings. The lowest BCUT2D eigenvalue weighted by molar-refractivity contribution is 0.662. The standard InChI is InChI=1S/C57H41NO/c1-57(2)53-20-8-6-14-49(53)51-18-10-16-47(55(51)57)42-28-34-45(35-29-42)58(44-32-26-41(27-33-44)40-24-22-39(23-25-40)38-12-4-3-5-13-38)46-36-30-43(31-37-46)48-17-11-19-52-50-15-7-9-21-54(50)59-56(48)52/h3-37H,1-2H3. The van der Waals surface area contributed by atoms with Gasteiger partial charge < -0.3 is 9.32 Å². The second kappa shape index (κ2) is 13.9. The molecule has 1 heterocycles. The Morgan fingerprint density at radius 2 is 0.780 bits per heavy atom. The van der Waals surface area contributed by atoms with Gasteiger partial charge >= 0.3 is 0 Å². The van der Waals surface area contributed by atoms with E-state index >= 15 is 0 Å². The molecule has 59 heavy (non-hydrogen) atoms. The van der Waals surface area contributed by atoms with Crippen LogP contribution in [0.5, 0.6) is 0 Å². The van der Waals surface area contributed by atoms with E-state index in [-0.39, 0.29) is 5.41 Å². The number of hydrogen-bond acceptors (Lipinski definition) is 2. The van der Waals surface area contributed by atoms with Crippen LogP contribution in [0.1, 0.15) is 25.0 Å². The lowest BCUT2D eigenvalue weighted by Gasteiger charge is -2.27. The Morgan fingerprint density at radius 1 is 0.339 bits per heavy atom. The third kappa shape index (κ3) is 5.87. The maximum Gasteiger partial charge on any atom is 0.143 e. The molecule has 1 aromatic heterocycles. The van der Waals surface area contributed by atoms with Crippen molar-refractivity contribution in [3.05, 3.63) is 223 Å². The van der Waals surface area contributed by atoms with E-state index in [4.69, 9.17) is 4.42 Å². The smallest absolute Gasteiger partial charge is 0.143 e. The highest BCUT2D eigenvalue weighted by Crippen LogP contribution is 2.52. The molecule has 0 bridgehead atoms. The summed E-state index contributed by atoms with van der Waals surface area (Å²) >= 11 is 0. The second-order valence-corrected chi connectivity index (χ2v) is 16.1. The predicted octanol–water partition coefficient (Wildman–Crippen LogP) is 16.0. The lowest BCUT2D eigenvalue weighted by Crippen LogP contribution is -2.16. The molecule has 0 saturated heterocycles. The summed E-state index contributed by atoms with van der Waals surface area (Å²) in [4.78, 5) is 2.35. The number of furan rings is 1. The highest BCUT2D eigenvalue weighted by atomic mass is 16.3. The average molecular weight is 756 g/mol. The highest BCUT2D eigenvalue weighted by molar-refractivity contribution is 6.09. The minimum Gasteiger partial charge on any atom is -0.455 e. The van der Waals surface area contributed by atoms with Crippen LogP contribution >= 0.6 is 0 Å². The van der Waals surface area contributed by atoms with Gasteiger partial charge in [-0.05, 0) is 104 Å². The number of nitrogens with zero attached hydrogens (tertiary/aromatic N) is 1. The zero-order valence-electron chi connectivity index (χ0n) is 33.1. The fourth-order valence-corrected chi connectivity index (χ4v) is 9.38. The summed E-state index contributed by atoms with van der Waals surface area (Å²) in [7, 11) is 0. The van der Waals surface area contributed by atoms with E-state index in [0.29, 0.717) is 0 Å². The summed E-state index contributed by atoms with van der Waals surface area (Å²) in [6.07, 6.45) is 0. The molecule has 0 radical (unpaired) electrons. The van der Waals surface area contributed by atoms with Gasteiger partial charge in [0, 0.05) is 38.8 Å². The molecule has 0 aliphatic heterocycles. The Morgan fingerprint density at radius 3 is 1.44 bits per heavy atom. The molecule has 0 N–H and O–H groups in total. The quantitative estimate of drug-likeness (QED) is 0.161. The zero-order chi connectivity index (χ0) is 39.5. The van der Waals surface area contributed by atoms with Crippen LogP contribution in [0.4, 0.5) is 17.1 Å². The van der Waals surface area contributed by atoms with Crippen LogP contribution in [0.3, 0.4) is 0 Å². The molecule has 11 rings (SSSR count). The van der Waals surface area contributed by atoms with Gasteiger partial charge in [0.05, 0.1) is 0 Å². The van der Waals surface area contributed by atoms with Gasteiger partial charge in [0.1, 0.15) is 11.2 Å². The molecule has 0 spiro atoms. The van der Waals surface area contributed by atoms with Crippen LogP contribution in [0.2, 0.25) is 0 Å². The Labute approximate surface area is 345 Å². The second-order valence-electron chi connectivity index (χ2n) is 16.1. The minimum absolute atomic E-state index is 0.0920. The van der Waals surface area contributed by atoms with E-state index in [1.54, 1.807) is 0 Å². The maximum absolute atomic E-state index is 6.43. The summed E-state index contributed by atoms with van der Waals surface area (Å²) < 4.78 is 6.43. The van der Waals surface area contributed by atoms with Gasteiger partial charge in [0.25, 0.3) is 0 Å². The largest absolute Gasteiger partial charge is 0.455 e. The summed E-state index contributed by atoms with van der Waals surface area (Å²) in [6, 6.07) is 76.7. The van der Waals surface area contributed by atoms with Gasteiger partial charge in [-0.25, -0.2) is 0 Å². The SMILES string of the molecule is CC1(C)c2ccccc2-c2cccc(-c3ccc(N(c4ccc(-c5ccc(-c6ccccc6)cc5)cc4)c4ccc(-c5cccc6c5oc5ccccc56)cc4)cc3)c21. The number of para-hydroxylation sites is 2. The lowest BCUT2D eigenvalue weighted by atomic mass is 9.79. The molecule has 9 aromatic carbocycles. The van der Waals surface area contributed by atoms with Crippen LogP contribution in [-0.4, -0.2) is 0 Å². The average Bonchev–Trinajstić information content (AvgIpc) is 3.80. The van der Waals surface area contributed by atoms with Crippen molar-refractivity contribution in [2.75, 3.05) is 4.90 Å². The van der Waals surface area contributed by atoms with E-state index in [0.717, 1.165) is 50.1 Å². The molecule has 280 valence electrons. The third-order valence-electron chi connectivity index (χ3n) is 12.3. The fourth-order valence-electron chi connectivity index (χ4n) is 9.38. The summed E-state index contributed by atoms with van der Waals surface area (Å²) in [5.74, 6) is 0. The first-order valence-corrected chi connectivity index (χ1v) is 20.4. The Hall–Kier alpha value is -7.42. The van der Waals surface area contributed by atoms with Crippen LogP contribution in [0, 0.1) is 0 Å². The van der Waals surface area contributed by atoms with E-state index in [2.05, 4.69) is 219 Å². The molecule has 0 unspecified atom stereocenters. The van der Waals surface area contributed by atoms with Gasteiger partial charge in [-0.1, -0.05) is 184 Å². The predicted molar refractivity (Wildman–Crippen MR) is 248 cm³/mol. The summed E-state index contributed by atoms with van der Waals surface area (Å²) in [5, 5.41) is 2.27. The van der Waals surface area contributed by atoms with E-state index in [9.17, 15) is 0 Å². The van der Waals surface area contributed by atoms with Gasteiger partial charge in [0.2, 0.25) is 0 Å². The summed E-state index contributed by atoms with van der Waals surface area (Å²) in [5.41, 5.74) is 20.0. The van der Waals surface area contributed by atoms with Crippen molar-refractivity contribution < 1.29 is 4.42 Å². The van der Waals surface area contributed by atoms with Gasteiger partial charge in [-0.3, -0.25) is 0 Å². The molecule has 0 atom stereocenters. The van der Waals surface area contributed by atoms with Crippen molar-refractivity contribution in [3.63, 3.8) is 0 Å². The van der Waals surface area contributed by atoms with Crippen molar-refractivity contribution in [2.24, 2.45) is 0 Å². The van der Waals surface area contributed by atoms with Gasteiger partial charge in [0.15, 0.2) is 0 Å². The minimum atomic E-state index is -0.0920. The molecule has 10 aromatic rings. The fraction of sp³-hybridized carbons (Fsp3) is 0.0526. The zero-order valence-corrected chi connectivity index (χ0v) is 33.1. The Bertz CT molecular complexity index is 3140. The highest BCUT2D eigenvalue weighted by Gasteiger charge is 2.37.